The van der Waals surface area contributed by atoms with Crippen molar-refractivity contribution in [3.63, 3.8) is 0 Å². The Labute approximate surface area is 94.9 Å². The maximum absolute atomic E-state index is 12.7. The van der Waals surface area contributed by atoms with E-state index in [4.69, 9.17) is 0 Å². The van der Waals surface area contributed by atoms with E-state index in [-0.39, 0.29) is 17.8 Å². The van der Waals surface area contributed by atoms with E-state index < -0.39 is 0 Å². The molecule has 2 rings (SSSR count). The first-order valence-electron chi connectivity index (χ1n) is 5.78. The molecule has 0 bridgehead atoms. The van der Waals surface area contributed by atoms with Gasteiger partial charge in [0, 0.05) is 12.5 Å². The van der Waals surface area contributed by atoms with Crippen LogP contribution in [0.1, 0.15) is 31.2 Å². The van der Waals surface area contributed by atoms with Crippen molar-refractivity contribution in [2.24, 2.45) is 0 Å². The first kappa shape index (κ1) is 11.1. The van der Waals surface area contributed by atoms with Gasteiger partial charge in [-0.25, -0.2) is 4.39 Å². The zero-order chi connectivity index (χ0) is 11.4. The van der Waals surface area contributed by atoms with Crippen LogP contribution in [0.3, 0.4) is 0 Å². The van der Waals surface area contributed by atoms with Crippen molar-refractivity contribution in [2.75, 3.05) is 0 Å². The van der Waals surface area contributed by atoms with E-state index in [0.29, 0.717) is 6.42 Å². The van der Waals surface area contributed by atoms with Gasteiger partial charge >= 0.3 is 0 Å². The minimum atomic E-state index is -0.214. The molecule has 1 aromatic rings. The molecule has 0 saturated carbocycles. The first-order valence-corrected chi connectivity index (χ1v) is 5.78. The summed E-state index contributed by atoms with van der Waals surface area (Å²) in [5, 5.41) is 3.01. The predicted octanol–water partition coefficient (Wildman–Crippen LogP) is 2.43. The lowest BCUT2D eigenvalue weighted by molar-refractivity contribution is -0.121. The number of hydrogen-bond donors (Lipinski definition) is 1. The van der Waals surface area contributed by atoms with E-state index >= 15 is 0 Å². The average Bonchev–Trinajstić information content (AvgIpc) is 2.46. The molecule has 2 nitrogen and oxygen atoms in total. The van der Waals surface area contributed by atoms with Crippen molar-refractivity contribution in [1.82, 2.24) is 5.32 Å². The lowest BCUT2D eigenvalue weighted by atomic mass is 10.0. The highest BCUT2D eigenvalue weighted by molar-refractivity contribution is 5.76. The van der Waals surface area contributed by atoms with Crippen LogP contribution in [0.4, 0.5) is 4.39 Å². The van der Waals surface area contributed by atoms with Crippen molar-refractivity contribution < 1.29 is 9.18 Å². The second kappa shape index (κ2) is 5.10. The van der Waals surface area contributed by atoms with Crippen LogP contribution in [-0.4, -0.2) is 11.9 Å². The second-order valence-electron chi connectivity index (χ2n) is 4.34. The Bertz CT molecular complexity index is 361. The molecule has 0 radical (unpaired) electrons. The van der Waals surface area contributed by atoms with Crippen molar-refractivity contribution >= 4 is 5.91 Å². The van der Waals surface area contributed by atoms with E-state index in [9.17, 15) is 9.18 Å². The molecule has 86 valence electrons. The number of rotatable bonds is 2. The molecular formula is C13H16FNO. The van der Waals surface area contributed by atoms with Crippen LogP contribution in [0.5, 0.6) is 0 Å². The van der Waals surface area contributed by atoms with Gasteiger partial charge in [0.05, 0.1) is 0 Å². The summed E-state index contributed by atoms with van der Waals surface area (Å²) in [5.74, 6) is -0.0711. The van der Waals surface area contributed by atoms with E-state index in [0.717, 1.165) is 31.2 Å². The van der Waals surface area contributed by atoms with Gasteiger partial charge in [-0.2, -0.15) is 0 Å². The van der Waals surface area contributed by atoms with Gasteiger partial charge in [-0.15, -0.1) is 0 Å². The van der Waals surface area contributed by atoms with Gasteiger partial charge in [0.2, 0.25) is 5.91 Å². The van der Waals surface area contributed by atoms with Crippen LogP contribution >= 0.6 is 0 Å². The van der Waals surface area contributed by atoms with Crippen LogP contribution < -0.4 is 5.32 Å². The molecule has 1 fully saturated rings. The molecule has 1 aliphatic heterocycles. The minimum absolute atomic E-state index is 0.143. The molecular weight excluding hydrogens is 205 g/mol. The largest absolute Gasteiger partial charge is 0.353 e. The molecule has 1 unspecified atom stereocenters. The summed E-state index contributed by atoms with van der Waals surface area (Å²) in [6.45, 7) is 0. The van der Waals surface area contributed by atoms with Crippen molar-refractivity contribution in [1.29, 1.82) is 0 Å². The molecule has 0 spiro atoms. The second-order valence-corrected chi connectivity index (χ2v) is 4.34. The fourth-order valence-corrected chi connectivity index (χ4v) is 2.11. The third-order valence-corrected chi connectivity index (χ3v) is 2.97. The summed E-state index contributed by atoms with van der Waals surface area (Å²) < 4.78 is 12.7. The van der Waals surface area contributed by atoms with Crippen LogP contribution in [-0.2, 0) is 11.2 Å². The highest BCUT2D eigenvalue weighted by Gasteiger charge is 2.16. The number of carbonyl (C=O) groups excluding carboxylic acids is 1. The third-order valence-electron chi connectivity index (χ3n) is 2.97. The van der Waals surface area contributed by atoms with Crippen LogP contribution in [0.25, 0.3) is 0 Å². The Kier molecular flexibility index (Phi) is 3.54. The summed E-state index contributed by atoms with van der Waals surface area (Å²) in [6, 6.07) is 6.71. The smallest absolute Gasteiger partial charge is 0.220 e. The Morgan fingerprint density at radius 2 is 2.00 bits per heavy atom. The number of hydrogen-bond acceptors (Lipinski definition) is 1. The molecule has 3 heteroatoms. The summed E-state index contributed by atoms with van der Waals surface area (Å²) >= 11 is 0. The van der Waals surface area contributed by atoms with E-state index in [1.54, 1.807) is 12.1 Å². The molecule has 0 aromatic heterocycles. The topological polar surface area (TPSA) is 29.1 Å². The van der Waals surface area contributed by atoms with Gasteiger partial charge in [-0.3, -0.25) is 4.79 Å². The standard InChI is InChI=1S/C13H16FNO/c14-11-7-5-10(6-8-11)9-12-3-1-2-4-13(16)15-12/h5-8,12H,1-4,9H2,(H,15,16). The number of benzene rings is 1. The third kappa shape index (κ3) is 3.05. The Morgan fingerprint density at radius 3 is 2.75 bits per heavy atom. The Morgan fingerprint density at radius 1 is 1.25 bits per heavy atom. The van der Waals surface area contributed by atoms with Gasteiger partial charge in [-0.05, 0) is 37.0 Å². The average molecular weight is 221 g/mol. The molecule has 1 atom stereocenters. The summed E-state index contributed by atoms with van der Waals surface area (Å²) in [4.78, 5) is 11.4. The number of halogens is 1. The fraction of sp³-hybridized carbons (Fsp3) is 0.462. The molecule has 1 heterocycles. The lowest BCUT2D eigenvalue weighted by Gasteiger charge is -2.15. The van der Waals surface area contributed by atoms with Gasteiger partial charge < -0.3 is 5.32 Å². The van der Waals surface area contributed by atoms with Gasteiger partial charge in [-0.1, -0.05) is 18.6 Å². The SMILES string of the molecule is O=C1CCCCC(Cc2ccc(F)cc2)N1. The fourth-order valence-electron chi connectivity index (χ4n) is 2.11. The molecule has 1 N–H and O–H groups in total. The van der Waals surface area contributed by atoms with Gasteiger partial charge in [0.25, 0.3) is 0 Å². The molecule has 16 heavy (non-hydrogen) atoms. The molecule has 0 aliphatic carbocycles. The maximum Gasteiger partial charge on any atom is 0.220 e. The Hall–Kier alpha value is -1.38. The molecule has 1 amide bonds. The minimum Gasteiger partial charge on any atom is -0.353 e. The summed E-state index contributed by atoms with van der Waals surface area (Å²) in [6.07, 6.45) is 4.52. The molecule has 1 saturated heterocycles. The summed E-state index contributed by atoms with van der Waals surface area (Å²) in [7, 11) is 0. The van der Waals surface area contributed by atoms with Gasteiger partial charge in [0.1, 0.15) is 5.82 Å². The van der Waals surface area contributed by atoms with Crippen molar-refractivity contribution in [3.05, 3.63) is 35.6 Å². The first-order chi connectivity index (χ1) is 7.74. The zero-order valence-electron chi connectivity index (χ0n) is 9.21. The number of carbonyl (C=O) groups is 1. The lowest BCUT2D eigenvalue weighted by Crippen LogP contribution is -2.34. The predicted molar refractivity (Wildman–Crippen MR) is 60.5 cm³/mol. The highest BCUT2D eigenvalue weighted by atomic mass is 19.1. The number of amides is 1. The molecule has 1 aliphatic rings. The monoisotopic (exact) mass is 221 g/mol. The van der Waals surface area contributed by atoms with Crippen LogP contribution in [0.15, 0.2) is 24.3 Å². The van der Waals surface area contributed by atoms with Crippen molar-refractivity contribution in [3.8, 4) is 0 Å². The van der Waals surface area contributed by atoms with E-state index in [2.05, 4.69) is 5.32 Å². The maximum atomic E-state index is 12.7. The van der Waals surface area contributed by atoms with E-state index in [1.165, 1.54) is 12.1 Å². The number of nitrogens with one attached hydrogen (secondary N) is 1. The normalized spacial score (nSPS) is 21.3. The molecule has 1 aromatic carbocycles. The van der Waals surface area contributed by atoms with E-state index in [1.807, 2.05) is 0 Å². The zero-order valence-corrected chi connectivity index (χ0v) is 9.21. The summed E-state index contributed by atoms with van der Waals surface area (Å²) in [5.41, 5.74) is 1.08. The van der Waals surface area contributed by atoms with Crippen LogP contribution in [0, 0.1) is 5.82 Å². The van der Waals surface area contributed by atoms with Gasteiger partial charge in [0.15, 0.2) is 0 Å². The van der Waals surface area contributed by atoms with Crippen molar-refractivity contribution in [2.45, 2.75) is 38.1 Å². The quantitative estimate of drug-likeness (QED) is 0.816. The Balaban J connectivity index is 1.97. The van der Waals surface area contributed by atoms with Crippen LogP contribution in [0.2, 0.25) is 0 Å². The highest BCUT2D eigenvalue weighted by Crippen LogP contribution is 2.14.